The van der Waals surface area contributed by atoms with Crippen LogP contribution in [0.15, 0.2) is 60.9 Å². The Hall–Kier alpha value is -2.19. The molecule has 2 nitrogen and oxygen atoms in total. The van der Waals surface area contributed by atoms with E-state index in [2.05, 4.69) is 58.8 Å². The molecule has 2 aromatic carbocycles. The van der Waals surface area contributed by atoms with E-state index < -0.39 is 0 Å². The van der Waals surface area contributed by atoms with Crippen molar-refractivity contribution in [2.24, 2.45) is 0 Å². The van der Waals surface area contributed by atoms with Crippen LogP contribution >= 0.6 is 0 Å². The van der Waals surface area contributed by atoms with Crippen molar-refractivity contribution < 1.29 is 0 Å². The van der Waals surface area contributed by atoms with Gasteiger partial charge in [0.05, 0.1) is 0 Å². The van der Waals surface area contributed by atoms with Crippen LogP contribution in [0.3, 0.4) is 0 Å². The van der Waals surface area contributed by atoms with Crippen molar-refractivity contribution in [1.29, 1.82) is 0 Å². The van der Waals surface area contributed by atoms with Gasteiger partial charge in [-0.05, 0) is 35.4 Å². The summed E-state index contributed by atoms with van der Waals surface area (Å²) in [5.41, 5.74) is 3.79. The van der Waals surface area contributed by atoms with E-state index in [0.717, 1.165) is 12.6 Å². The molecule has 4 rings (SSSR count). The summed E-state index contributed by atoms with van der Waals surface area (Å²) in [6, 6.07) is 18.0. The molecule has 1 aliphatic carbocycles. The quantitative estimate of drug-likeness (QED) is 0.773. The van der Waals surface area contributed by atoms with Gasteiger partial charge in [0, 0.05) is 35.9 Å². The van der Waals surface area contributed by atoms with Gasteiger partial charge in [-0.3, -0.25) is 4.98 Å². The maximum absolute atomic E-state index is 4.39. The van der Waals surface area contributed by atoms with Crippen molar-refractivity contribution in [3.63, 3.8) is 0 Å². The molecule has 1 heterocycles. The first kappa shape index (κ1) is 12.5. The molecular weight excluding hydrogens is 256 g/mol. The minimum absolute atomic E-state index is 0.743. The standard InChI is InChI=1S/C19H18N2/c1-2-7-18-16(5-1)12-20-13-19(18)15-6-3-4-14(10-15)11-21-17-8-9-17/h1-7,10,12-13,17,21H,8-9,11H2. The number of rotatable bonds is 4. The SMILES string of the molecule is c1cc(CNC2CC2)cc(-c2cncc3ccccc23)c1. The molecule has 0 amide bonds. The van der Waals surface area contributed by atoms with Gasteiger partial charge in [-0.15, -0.1) is 0 Å². The average molecular weight is 274 g/mol. The maximum atomic E-state index is 4.39. The molecule has 104 valence electrons. The predicted molar refractivity (Wildman–Crippen MR) is 87.0 cm³/mol. The number of pyridine rings is 1. The molecule has 21 heavy (non-hydrogen) atoms. The Morgan fingerprint density at radius 2 is 1.90 bits per heavy atom. The van der Waals surface area contributed by atoms with Gasteiger partial charge >= 0.3 is 0 Å². The molecule has 0 aliphatic heterocycles. The van der Waals surface area contributed by atoms with Gasteiger partial charge in [0.1, 0.15) is 0 Å². The summed E-state index contributed by atoms with van der Waals surface area (Å²) < 4.78 is 0. The zero-order chi connectivity index (χ0) is 14.1. The second kappa shape index (κ2) is 5.30. The lowest BCUT2D eigenvalue weighted by Gasteiger charge is -2.09. The number of fused-ring (bicyclic) bond motifs is 1. The number of hydrogen-bond acceptors (Lipinski definition) is 2. The number of nitrogens with zero attached hydrogens (tertiary/aromatic N) is 1. The van der Waals surface area contributed by atoms with Crippen molar-refractivity contribution >= 4 is 10.8 Å². The molecule has 1 saturated carbocycles. The molecule has 2 heteroatoms. The Bertz CT molecular complexity index is 770. The number of hydrogen-bond donors (Lipinski definition) is 1. The van der Waals surface area contributed by atoms with Crippen LogP contribution in [0, 0.1) is 0 Å². The van der Waals surface area contributed by atoms with E-state index in [1.807, 2.05) is 12.4 Å². The molecule has 1 aromatic heterocycles. The number of benzene rings is 2. The number of nitrogens with one attached hydrogen (secondary N) is 1. The molecule has 1 fully saturated rings. The van der Waals surface area contributed by atoms with Gasteiger partial charge in [0.2, 0.25) is 0 Å². The molecule has 0 atom stereocenters. The van der Waals surface area contributed by atoms with E-state index in [9.17, 15) is 0 Å². The van der Waals surface area contributed by atoms with E-state index in [1.165, 1.54) is 40.3 Å². The summed E-state index contributed by atoms with van der Waals surface area (Å²) >= 11 is 0. The van der Waals surface area contributed by atoms with Gasteiger partial charge < -0.3 is 5.32 Å². The Morgan fingerprint density at radius 3 is 2.81 bits per heavy atom. The predicted octanol–water partition coefficient (Wildman–Crippen LogP) is 4.15. The van der Waals surface area contributed by atoms with Crippen molar-refractivity contribution in [1.82, 2.24) is 10.3 Å². The fourth-order valence-corrected chi connectivity index (χ4v) is 2.75. The first-order valence-electron chi connectivity index (χ1n) is 7.55. The Balaban J connectivity index is 1.72. The van der Waals surface area contributed by atoms with Crippen LogP contribution in [0.2, 0.25) is 0 Å². The van der Waals surface area contributed by atoms with Crippen molar-refractivity contribution in [3.05, 3.63) is 66.5 Å². The van der Waals surface area contributed by atoms with Crippen molar-refractivity contribution in [2.75, 3.05) is 0 Å². The van der Waals surface area contributed by atoms with Gasteiger partial charge in [0.15, 0.2) is 0 Å². The van der Waals surface area contributed by atoms with Crippen LogP contribution in [0.4, 0.5) is 0 Å². The molecular formula is C19H18N2. The molecule has 0 spiro atoms. The maximum Gasteiger partial charge on any atom is 0.0352 e. The van der Waals surface area contributed by atoms with Gasteiger partial charge in [0.25, 0.3) is 0 Å². The zero-order valence-electron chi connectivity index (χ0n) is 11.9. The third-order valence-corrected chi connectivity index (χ3v) is 4.08. The van der Waals surface area contributed by atoms with E-state index >= 15 is 0 Å². The lowest BCUT2D eigenvalue weighted by molar-refractivity contribution is 0.688. The van der Waals surface area contributed by atoms with Crippen LogP contribution in [0.5, 0.6) is 0 Å². The molecule has 1 aliphatic rings. The van der Waals surface area contributed by atoms with Crippen LogP contribution in [0.25, 0.3) is 21.9 Å². The highest BCUT2D eigenvalue weighted by atomic mass is 14.9. The fourth-order valence-electron chi connectivity index (χ4n) is 2.75. The highest BCUT2D eigenvalue weighted by molar-refractivity contribution is 5.95. The first-order valence-corrected chi connectivity index (χ1v) is 7.55. The van der Waals surface area contributed by atoms with Crippen LogP contribution in [0.1, 0.15) is 18.4 Å². The van der Waals surface area contributed by atoms with E-state index in [0.29, 0.717) is 0 Å². The molecule has 1 N–H and O–H groups in total. The summed E-state index contributed by atoms with van der Waals surface area (Å²) in [6.45, 7) is 0.955. The molecule has 0 unspecified atom stereocenters. The van der Waals surface area contributed by atoms with Crippen LogP contribution in [-0.4, -0.2) is 11.0 Å². The lowest BCUT2D eigenvalue weighted by atomic mass is 9.99. The minimum atomic E-state index is 0.743. The van der Waals surface area contributed by atoms with Crippen molar-refractivity contribution in [2.45, 2.75) is 25.4 Å². The second-order valence-electron chi connectivity index (χ2n) is 5.76. The molecule has 3 aromatic rings. The molecule has 0 bridgehead atoms. The lowest BCUT2D eigenvalue weighted by Crippen LogP contribution is -2.15. The summed E-state index contributed by atoms with van der Waals surface area (Å²) in [6.07, 6.45) is 6.55. The van der Waals surface area contributed by atoms with Gasteiger partial charge in [-0.25, -0.2) is 0 Å². The van der Waals surface area contributed by atoms with Gasteiger partial charge in [-0.1, -0.05) is 42.5 Å². The Kier molecular flexibility index (Phi) is 3.17. The fraction of sp³-hybridized carbons (Fsp3) is 0.211. The van der Waals surface area contributed by atoms with E-state index in [4.69, 9.17) is 0 Å². The molecule has 0 radical (unpaired) electrons. The highest BCUT2D eigenvalue weighted by Gasteiger charge is 2.19. The normalized spacial score (nSPS) is 14.5. The Labute approximate surface area is 124 Å². The van der Waals surface area contributed by atoms with Crippen molar-refractivity contribution in [3.8, 4) is 11.1 Å². The first-order chi connectivity index (χ1) is 10.4. The second-order valence-corrected chi connectivity index (χ2v) is 5.76. The number of aromatic nitrogens is 1. The summed E-state index contributed by atoms with van der Waals surface area (Å²) in [4.78, 5) is 4.39. The van der Waals surface area contributed by atoms with Crippen LogP contribution < -0.4 is 5.32 Å². The van der Waals surface area contributed by atoms with E-state index in [1.54, 1.807) is 0 Å². The van der Waals surface area contributed by atoms with Gasteiger partial charge in [-0.2, -0.15) is 0 Å². The largest absolute Gasteiger partial charge is 0.310 e. The smallest absolute Gasteiger partial charge is 0.0352 e. The Morgan fingerprint density at radius 1 is 1.00 bits per heavy atom. The average Bonchev–Trinajstić information content (AvgIpc) is 3.37. The third kappa shape index (κ3) is 2.67. The topological polar surface area (TPSA) is 24.9 Å². The summed E-state index contributed by atoms with van der Waals surface area (Å²) in [7, 11) is 0. The minimum Gasteiger partial charge on any atom is -0.310 e. The zero-order valence-corrected chi connectivity index (χ0v) is 11.9. The van der Waals surface area contributed by atoms with Crippen LogP contribution in [-0.2, 0) is 6.54 Å². The monoisotopic (exact) mass is 274 g/mol. The van der Waals surface area contributed by atoms with E-state index in [-0.39, 0.29) is 0 Å². The third-order valence-electron chi connectivity index (χ3n) is 4.08. The highest BCUT2D eigenvalue weighted by Crippen LogP contribution is 2.28. The summed E-state index contributed by atoms with van der Waals surface area (Å²) in [5.74, 6) is 0. The molecule has 0 saturated heterocycles. The summed E-state index contributed by atoms with van der Waals surface area (Å²) in [5, 5.41) is 6.03.